The smallest absolute Gasteiger partial charge is 0.141 e. The second kappa shape index (κ2) is 7.08. The Bertz CT molecular complexity index is 930. The maximum atomic E-state index is 10.3. The molecule has 1 aliphatic rings. The number of phenolic OH excluding ortho intramolecular Hbond substituents is 1. The third kappa shape index (κ3) is 3.19. The highest BCUT2D eigenvalue weighted by atomic mass is 35.5. The van der Waals surface area contributed by atoms with Gasteiger partial charge in [0, 0.05) is 48.9 Å². The van der Waals surface area contributed by atoms with Gasteiger partial charge in [-0.15, -0.1) is 0 Å². The number of aromatic nitrogens is 2. The highest BCUT2D eigenvalue weighted by molar-refractivity contribution is 6.32. The number of imidazole rings is 1. The van der Waals surface area contributed by atoms with Crippen molar-refractivity contribution in [1.29, 1.82) is 0 Å². The number of fused-ring (bicyclic) bond motifs is 1. The molecular weight excluding hydrogens is 350 g/mol. The Balaban J connectivity index is 1.71. The summed E-state index contributed by atoms with van der Waals surface area (Å²) in [4.78, 5) is 7.13. The first-order valence-electron chi connectivity index (χ1n) is 8.96. The molecule has 3 aromatic rings. The lowest BCUT2D eigenvalue weighted by Crippen LogP contribution is -2.23. The monoisotopic (exact) mass is 371 g/mol. The summed E-state index contributed by atoms with van der Waals surface area (Å²) in [6, 6.07) is 7.44. The van der Waals surface area contributed by atoms with Crippen LogP contribution in [-0.4, -0.2) is 34.7 Å². The average Bonchev–Trinajstić information content (AvgIpc) is 2.87. The van der Waals surface area contributed by atoms with Crippen molar-refractivity contribution in [2.45, 2.75) is 25.7 Å². The van der Waals surface area contributed by atoms with E-state index in [4.69, 9.17) is 21.3 Å². The van der Waals surface area contributed by atoms with Crippen LogP contribution in [-0.2, 0) is 0 Å². The zero-order chi connectivity index (χ0) is 18.1. The van der Waals surface area contributed by atoms with Crippen LogP contribution in [0, 0.1) is 0 Å². The lowest BCUT2D eigenvalue weighted by molar-refractivity contribution is 0.408. The van der Waals surface area contributed by atoms with Gasteiger partial charge < -0.3 is 19.1 Å². The summed E-state index contributed by atoms with van der Waals surface area (Å²) in [6.07, 6.45) is 9.02. The molecule has 136 valence electrons. The van der Waals surface area contributed by atoms with E-state index in [9.17, 15) is 5.11 Å². The number of benzene rings is 1. The van der Waals surface area contributed by atoms with Crippen molar-refractivity contribution < 1.29 is 9.84 Å². The maximum Gasteiger partial charge on any atom is 0.141 e. The minimum Gasteiger partial charge on any atom is -0.507 e. The van der Waals surface area contributed by atoms with E-state index < -0.39 is 0 Å². The van der Waals surface area contributed by atoms with E-state index in [1.165, 1.54) is 44.5 Å². The van der Waals surface area contributed by atoms with Crippen molar-refractivity contribution in [2.24, 2.45) is 0 Å². The van der Waals surface area contributed by atoms with Crippen LogP contribution in [0.25, 0.3) is 16.9 Å². The number of rotatable bonds is 3. The van der Waals surface area contributed by atoms with Crippen molar-refractivity contribution in [3.05, 3.63) is 41.7 Å². The van der Waals surface area contributed by atoms with Gasteiger partial charge in [0.2, 0.25) is 0 Å². The molecule has 0 spiro atoms. The summed E-state index contributed by atoms with van der Waals surface area (Å²) in [5.41, 5.74) is 3.33. The molecule has 3 heterocycles. The van der Waals surface area contributed by atoms with Gasteiger partial charge >= 0.3 is 0 Å². The zero-order valence-corrected chi connectivity index (χ0v) is 15.5. The number of hydrogen-bond donors (Lipinski definition) is 1. The van der Waals surface area contributed by atoms with Crippen molar-refractivity contribution in [3.63, 3.8) is 0 Å². The number of methoxy groups -OCH3 is 1. The molecule has 0 aliphatic carbocycles. The first-order chi connectivity index (χ1) is 12.7. The molecule has 0 amide bonds. The fourth-order valence-corrected chi connectivity index (χ4v) is 3.77. The van der Waals surface area contributed by atoms with Crippen LogP contribution >= 0.6 is 11.6 Å². The fraction of sp³-hybridized carbons (Fsp3) is 0.350. The van der Waals surface area contributed by atoms with E-state index in [0.717, 1.165) is 18.7 Å². The van der Waals surface area contributed by atoms with Crippen molar-refractivity contribution in [3.8, 4) is 22.8 Å². The first-order valence-corrected chi connectivity index (χ1v) is 9.34. The largest absolute Gasteiger partial charge is 0.507 e. The van der Waals surface area contributed by atoms with Crippen molar-refractivity contribution >= 4 is 22.9 Å². The molecule has 0 bridgehead atoms. The lowest BCUT2D eigenvalue weighted by atomic mass is 10.1. The quantitative estimate of drug-likeness (QED) is 0.721. The number of anilines is 1. The number of ether oxygens (including phenoxy) is 1. The Labute approximate surface area is 157 Å². The second-order valence-electron chi connectivity index (χ2n) is 6.68. The minimum absolute atomic E-state index is 0.0994. The Morgan fingerprint density at radius 2 is 1.88 bits per heavy atom. The second-order valence-corrected chi connectivity index (χ2v) is 7.09. The number of aromatic hydroxyl groups is 1. The summed E-state index contributed by atoms with van der Waals surface area (Å²) >= 11 is 6.21. The Hall–Kier alpha value is -2.40. The van der Waals surface area contributed by atoms with Crippen LogP contribution in [0.1, 0.15) is 25.7 Å². The van der Waals surface area contributed by atoms with Gasteiger partial charge in [0.1, 0.15) is 17.1 Å². The molecule has 6 heteroatoms. The minimum atomic E-state index is 0.0994. The van der Waals surface area contributed by atoms with E-state index in [1.54, 1.807) is 6.07 Å². The van der Waals surface area contributed by atoms with E-state index in [0.29, 0.717) is 22.0 Å². The van der Waals surface area contributed by atoms with Crippen LogP contribution in [0.15, 0.2) is 36.7 Å². The molecular formula is C20H22ClN3O2. The predicted molar refractivity (Wildman–Crippen MR) is 105 cm³/mol. The van der Waals surface area contributed by atoms with Gasteiger partial charge in [-0.25, -0.2) is 4.98 Å². The third-order valence-corrected chi connectivity index (χ3v) is 5.26. The molecule has 5 nitrogen and oxygen atoms in total. The van der Waals surface area contributed by atoms with Gasteiger partial charge in [0.05, 0.1) is 17.8 Å². The Morgan fingerprint density at radius 1 is 1.12 bits per heavy atom. The van der Waals surface area contributed by atoms with E-state index >= 15 is 0 Å². The average molecular weight is 372 g/mol. The fourth-order valence-electron chi connectivity index (χ4n) is 3.53. The number of phenols is 1. The number of hydrogen-bond acceptors (Lipinski definition) is 4. The lowest BCUT2D eigenvalue weighted by Gasteiger charge is -2.22. The van der Waals surface area contributed by atoms with Crippen molar-refractivity contribution in [2.75, 3.05) is 25.1 Å². The van der Waals surface area contributed by atoms with E-state index in [2.05, 4.69) is 17.0 Å². The maximum absolute atomic E-state index is 10.3. The highest BCUT2D eigenvalue weighted by Gasteiger charge is 2.15. The van der Waals surface area contributed by atoms with Gasteiger partial charge in [-0.2, -0.15) is 0 Å². The summed E-state index contributed by atoms with van der Waals surface area (Å²) in [5, 5.41) is 10.8. The molecule has 1 N–H and O–H groups in total. The van der Waals surface area contributed by atoms with Crippen LogP contribution in [0.3, 0.4) is 0 Å². The summed E-state index contributed by atoms with van der Waals surface area (Å²) in [5.74, 6) is 0.544. The molecule has 1 saturated heterocycles. The van der Waals surface area contributed by atoms with Crippen LogP contribution in [0.2, 0.25) is 5.02 Å². The first kappa shape index (κ1) is 17.0. The molecule has 2 aromatic heterocycles. The molecule has 0 radical (unpaired) electrons. The molecule has 4 rings (SSSR count). The summed E-state index contributed by atoms with van der Waals surface area (Å²) in [7, 11) is 1.52. The van der Waals surface area contributed by atoms with Gasteiger partial charge in [-0.1, -0.05) is 24.4 Å². The molecule has 1 fully saturated rings. The SMILES string of the molecule is COc1cc(O)c(-c2cn3ccc(N4CCCCCC4)cc3n2)cc1Cl. The molecule has 1 aliphatic heterocycles. The zero-order valence-electron chi connectivity index (χ0n) is 14.8. The molecule has 0 unspecified atom stereocenters. The molecule has 26 heavy (non-hydrogen) atoms. The third-order valence-electron chi connectivity index (χ3n) is 4.96. The van der Waals surface area contributed by atoms with E-state index in [-0.39, 0.29) is 5.75 Å². The van der Waals surface area contributed by atoms with Crippen LogP contribution < -0.4 is 9.64 Å². The van der Waals surface area contributed by atoms with Gasteiger partial charge in [-0.05, 0) is 25.0 Å². The number of nitrogens with zero attached hydrogens (tertiary/aromatic N) is 3. The topological polar surface area (TPSA) is 50.0 Å². The number of halogens is 1. The molecule has 0 saturated carbocycles. The normalized spacial score (nSPS) is 15.2. The molecule has 1 aromatic carbocycles. The van der Waals surface area contributed by atoms with Crippen LogP contribution in [0.5, 0.6) is 11.5 Å². The van der Waals surface area contributed by atoms with Gasteiger partial charge in [0.25, 0.3) is 0 Å². The van der Waals surface area contributed by atoms with Crippen LogP contribution in [0.4, 0.5) is 5.69 Å². The van der Waals surface area contributed by atoms with Gasteiger partial charge in [0.15, 0.2) is 0 Å². The van der Waals surface area contributed by atoms with Gasteiger partial charge in [-0.3, -0.25) is 0 Å². The predicted octanol–water partition coefficient (Wildman–Crippen LogP) is 4.75. The standard InChI is InChI=1S/C20H22ClN3O2/c1-26-19-12-18(25)15(11-16(19)21)17-13-24-9-6-14(10-20(24)22-17)23-7-4-2-3-5-8-23/h6,9-13,25H,2-5,7-8H2,1H3. The summed E-state index contributed by atoms with van der Waals surface area (Å²) < 4.78 is 7.11. The Kier molecular flexibility index (Phi) is 4.64. The summed E-state index contributed by atoms with van der Waals surface area (Å²) in [6.45, 7) is 2.19. The molecule has 0 atom stereocenters. The highest BCUT2D eigenvalue weighted by Crippen LogP contribution is 2.37. The van der Waals surface area contributed by atoms with Crippen molar-refractivity contribution in [1.82, 2.24) is 9.38 Å². The number of pyridine rings is 1. The van der Waals surface area contributed by atoms with E-state index in [1.807, 2.05) is 16.8 Å². The Morgan fingerprint density at radius 3 is 2.62 bits per heavy atom.